The number of nitrogens with zero attached hydrogens (tertiary/aromatic N) is 5. The topological polar surface area (TPSA) is 100 Å². The molecule has 2 fully saturated rings. The number of hydrogen-bond acceptors (Lipinski definition) is 8. The second kappa shape index (κ2) is 12.3. The Morgan fingerprint density at radius 3 is 2.56 bits per heavy atom. The summed E-state index contributed by atoms with van der Waals surface area (Å²) in [5, 5.41) is 3.21. The minimum atomic E-state index is -0.959. The fraction of sp³-hybridized carbons (Fsp3) is 0.484. The van der Waals surface area contributed by atoms with Gasteiger partial charge in [-0.05, 0) is 58.4 Å². The van der Waals surface area contributed by atoms with Gasteiger partial charge in [-0.2, -0.15) is 0 Å². The first-order valence-corrected chi connectivity index (χ1v) is 14.5. The maximum Gasteiger partial charge on any atom is 0.410 e. The summed E-state index contributed by atoms with van der Waals surface area (Å²) < 4.78 is 38.5. The van der Waals surface area contributed by atoms with Gasteiger partial charge in [0.15, 0.2) is 11.6 Å². The predicted octanol–water partition coefficient (Wildman–Crippen LogP) is 5.00. The second-order valence-corrected chi connectivity index (χ2v) is 12.0. The molecule has 1 N–H and O–H groups in total. The van der Waals surface area contributed by atoms with Gasteiger partial charge in [0.1, 0.15) is 11.4 Å². The van der Waals surface area contributed by atoms with E-state index in [1.165, 1.54) is 6.07 Å². The molecular formula is C31H38F2N6O4. The summed E-state index contributed by atoms with van der Waals surface area (Å²) in [7, 11) is 1.73. The van der Waals surface area contributed by atoms with Gasteiger partial charge in [0, 0.05) is 56.1 Å². The van der Waals surface area contributed by atoms with Crippen LogP contribution < -0.4 is 10.2 Å². The van der Waals surface area contributed by atoms with Crippen LogP contribution in [0.15, 0.2) is 36.5 Å². The fourth-order valence-corrected chi connectivity index (χ4v) is 5.36. The van der Waals surface area contributed by atoms with Crippen molar-refractivity contribution < 1.29 is 27.8 Å². The molecule has 12 heteroatoms. The number of halogens is 2. The van der Waals surface area contributed by atoms with E-state index in [1.54, 1.807) is 35.2 Å². The number of ether oxygens (including phenoxy) is 2. The first kappa shape index (κ1) is 30.4. The average molecular weight is 597 g/mol. The number of aromatic nitrogens is 2. The van der Waals surface area contributed by atoms with Gasteiger partial charge in [0.05, 0.1) is 42.5 Å². The zero-order chi connectivity index (χ0) is 30.9. The quantitative estimate of drug-likeness (QED) is 0.425. The molecule has 5 rings (SSSR count). The summed E-state index contributed by atoms with van der Waals surface area (Å²) in [6.45, 7) is 10.7. The van der Waals surface area contributed by atoms with E-state index in [2.05, 4.69) is 15.2 Å². The van der Waals surface area contributed by atoms with Crippen LogP contribution in [-0.4, -0.2) is 89.9 Å². The summed E-state index contributed by atoms with van der Waals surface area (Å²) >= 11 is 0. The Morgan fingerprint density at radius 2 is 1.86 bits per heavy atom. The third-order valence-electron chi connectivity index (χ3n) is 7.70. The van der Waals surface area contributed by atoms with Crippen molar-refractivity contribution >= 4 is 34.5 Å². The third kappa shape index (κ3) is 6.96. The van der Waals surface area contributed by atoms with Crippen LogP contribution in [0.2, 0.25) is 0 Å². The molecule has 0 bridgehead atoms. The number of benzene rings is 2. The van der Waals surface area contributed by atoms with Crippen molar-refractivity contribution in [3.05, 3.63) is 59.3 Å². The summed E-state index contributed by atoms with van der Waals surface area (Å²) in [4.78, 5) is 41.4. The Labute approximate surface area is 250 Å². The van der Waals surface area contributed by atoms with Gasteiger partial charge in [-0.15, -0.1) is 0 Å². The highest BCUT2D eigenvalue weighted by Crippen LogP contribution is 2.30. The number of carbonyl (C=O) groups excluding carboxylic acids is 2. The number of rotatable bonds is 6. The number of likely N-dealkylation sites (N-methyl/N-ethyl adjacent to an activating group) is 1. The van der Waals surface area contributed by atoms with E-state index >= 15 is 0 Å². The minimum absolute atomic E-state index is 0.188. The van der Waals surface area contributed by atoms with E-state index in [4.69, 9.17) is 14.5 Å². The van der Waals surface area contributed by atoms with Crippen molar-refractivity contribution in [1.29, 1.82) is 0 Å². The van der Waals surface area contributed by atoms with E-state index in [9.17, 15) is 18.4 Å². The molecule has 2 aliphatic rings. The first-order valence-electron chi connectivity index (χ1n) is 14.5. The molecule has 0 aliphatic carbocycles. The van der Waals surface area contributed by atoms with Crippen molar-refractivity contribution in [2.24, 2.45) is 0 Å². The van der Waals surface area contributed by atoms with Crippen LogP contribution in [0.1, 0.15) is 56.1 Å². The second-order valence-electron chi connectivity index (χ2n) is 12.0. The molecular weight excluding hydrogens is 558 g/mol. The number of anilines is 2. The lowest BCUT2D eigenvalue weighted by molar-refractivity contribution is 0.0279. The van der Waals surface area contributed by atoms with Gasteiger partial charge in [0.25, 0.3) is 5.91 Å². The summed E-state index contributed by atoms with van der Waals surface area (Å²) in [5.74, 6) is -1.42. The SMILES string of the molecule is CC(Nc1ccc(F)c(F)c1)c1cc(C(=O)N(C)C2CCN(C(=O)OC(C)(C)C)C2)cc2ncc(N3CCOCC3)nc12. The lowest BCUT2D eigenvalue weighted by Gasteiger charge is -2.28. The lowest BCUT2D eigenvalue weighted by Crippen LogP contribution is -2.41. The smallest absolute Gasteiger partial charge is 0.410 e. The highest BCUT2D eigenvalue weighted by atomic mass is 19.2. The fourth-order valence-electron chi connectivity index (χ4n) is 5.36. The molecule has 2 atom stereocenters. The minimum Gasteiger partial charge on any atom is -0.444 e. The lowest BCUT2D eigenvalue weighted by atomic mass is 10.0. The standard InChI is InChI=1S/C31H38F2N6O4/c1-19(35-21-6-7-24(32)25(33)16-21)23-14-20(15-26-28(23)36-27(17-34-26)38-10-12-42-13-11-38)29(40)37(5)22-8-9-39(18-22)30(41)43-31(2,3)4/h6-7,14-17,19,22,35H,8-13,18H2,1-5H3. The highest BCUT2D eigenvalue weighted by Gasteiger charge is 2.34. The molecule has 2 aromatic carbocycles. The molecule has 43 heavy (non-hydrogen) atoms. The summed E-state index contributed by atoms with van der Waals surface area (Å²) in [5.41, 5.74) is 2.01. The maximum absolute atomic E-state index is 14.0. The molecule has 0 spiro atoms. The van der Waals surface area contributed by atoms with Crippen molar-refractivity contribution in [3.8, 4) is 0 Å². The molecule has 10 nitrogen and oxygen atoms in total. The van der Waals surface area contributed by atoms with Crippen molar-refractivity contribution in [2.75, 3.05) is 56.7 Å². The van der Waals surface area contributed by atoms with Gasteiger partial charge in [0.2, 0.25) is 0 Å². The van der Waals surface area contributed by atoms with Crippen LogP contribution in [0.4, 0.5) is 25.1 Å². The van der Waals surface area contributed by atoms with E-state index in [-0.39, 0.29) is 11.9 Å². The van der Waals surface area contributed by atoms with Crippen molar-refractivity contribution in [2.45, 2.75) is 51.8 Å². The van der Waals surface area contributed by atoms with Crippen LogP contribution in [0.25, 0.3) is 11.0 Å². The highest BCUT2D eigenvalue weighted by molar-refractivity contribution is 5.98. The van der Waals surface area contributed by atoms with Crippen LogP contribution in [0.3, 0.4) is 0 Å². The number of likely N-dealkylation sites (tertiary alicyclic amines) is 1. The van der Waals surface area contributed by atoms with E-state index in [1.807, 2.05) is 27.7 Å². The molecule has 230 valence electrons. The van der Waals surface area contributed by atoms with Crippen LogP contribution in [0.5, 0.6) is 0 Å². The first-order chi connectivity index (χ1) is 20.4. The Bertz CT molecular complexity index is 1510. The normalized spacial score (nSPS) is 18.1. The van der Waals surface area contributed by atoms with E-state index < -0.39 is 29.4 Å². The molecule has 1 aromatic heterocycles. The zero-order valence-corrected chi connectivity index (χ0v) is 25.2. The van der Waals surface area contributed by atoms with Gasteiger partial charge in [-0.1, -0.05) is 0 Å². The molecule has 2 saturated heterocycles. The van der Waals surface area contributed by atoms with Crippen LogP contribution >= 0.6 is 0 Å². The Kier molecular flexibility index (Phi) is 8.68. The number of morpholine rings is 1. The molecule has 0 saturated carbocycles. The predicted molar refractivity (Wildman–Crippen MR) is 159 cm³/mol. The number of hydrogen-bond donors (Lipinski definition) is 1. The number of nitrogens with one attached hydrogen (secondary N) is 1. The van der Waals surface area contributed by atoms with Gasteiger partial charge in [-0.25, -0.2) is 18.6 Å². The molecule has 2 aliphatic heterocycles. The monoisotopic (exact) mass is 596 g/mol. The largest absolute Gasteiger partial charge is 0.444 e. The molecule has 3 aromatic rings. The summed E-state index contributed by atoms with van der Waals surface area (Å²) in [6, 6.07) is 6.49. The average Bonchev–Trinajstić information content (AvgIpc) is 3.48. The van der Waals surface area contributed by atoms with Gasteiger partial charge < -0.3 is 29.5 Å². The molecule has 0 radical (unpaired) electrons. The van der Waals surface area contributed by atoms with Crippen molar-refractivity contribution in [3.63, 3.8) is 0 Å². The van der Waals surface area contributed by atoms with Gasteiger partial charge in [-0.3, -0.25) is 9.78 Å². The Hall–Kier alpha value is -4.06. The summed E-state index contributed by atoms with van der Waals surface area (Å²) in [6.07, 6.45) is 1.92. The number of fused-ring (bicyclic) bond motifs is 1. The van der Waals surface area contributed by atoms with Gasteiger partial charge >= 0.3 is 6.09 Å². The zero-order valence-electron chi connectivity index (χ0n) is 25.2. The third-order valence-corrected chi connectivity index (χ3v) is 7.70. The Morgan fingerprint density at radius 1 is 1.12 bits per heavy atom. The van der Waals surface area contributed by atoms with Crippen molar-refractivity contribution in [1.82, 2.24) is 19.8 Å². The molecule has 2 amide bonds. The van der Waals surface area contributed by atoms with E-state index in [0.29, 0.717) is 79.5 Å². The van der Waals surface area contributed by atoms with E-state index in [0.717, 1.165) is 12.1 Å². The number of amides is 2. The Balaban J connectivity index is 1.44. The molecule has 3 heterocycles. The maximum atomic E-state index is 14.0. The molecule has 2 unspecified atom stereocenters. The van der Waals surface area contributed by atoms with Crippen LogP contribution in [0, 0.1) is 11.6 Å². The number of carbonyl (C=O) groups is 2. The van der Waals surface area contributed by atoms with Crippen LogP contribution in [-0.2, 0) is 9.47 Å².